The van der Waals surface area contributed by atoms with Gasteiger partial charge in [-0.3, -0.25) is 0 Å². The van der Waals surface area contributed by atoms with E-state index in [4.69, 9.17) is 14.2 Å². The van der Waals surface area contributed by atoms with Crippen molar-refractivity contribution >= 4 is 35.4 Å². The molecule has 1 aliphatic rings. The number of rotatable bonds is 12. The first-order chi connectivity index (χ1) is 22.8. The fourth-order valence-corrected chi connectivity index (χ4v) is 6.31. The summed E-state index contributed by atoms with van der Waals surface area (Å²) in [6.45, 7) is -0.0697. The van der Waals surface area contributed by atoms with Gasteiger partial charge in [0.15, 0.2) is 6.29 Å². The summed E-state index contributed by atoms with van der Waals surface area (Å²) in [6, 6.07) is 29.3. The maximum Gasteiger partial charge on any atom is 0.336 e. The first kappa shape index (κ1) is 33.7. The van der Waals surface area contributed by atoms with E-state index in [-0.39, 0.29) is 30.8 Å². The molecule has 0 bridgehead atoms. The Morgan fingerprint density at radius 3 is 2.36 bits per heavy atom. The van der Waals surface area contributed by atoms with Crippen molar-refractivity contribution in [3.63, 3.8) is 0 Å². The van der Waals surface area contributed by atoms with Crippen molar-refractivity contribution in [3.8, 4) is 0 Å². The van der Waals surface area contributed by atoms with Crippen molar-refractivity contribution in [1.29, 1.82) is 0 Å². The van der Waals surface area contributed by atoms with E-state index in [0.29, 0.717) is 28.3 Å². The Balaban J connectivity index is 1.31. The minimum absolute atomic E-state index is 0.0697. The number of anilines is 1. The maximum atomic E-state index is 13.0. The monoisotopic (exact) mass is 656 g/mol. The van der Waals surface area contributed by atoms with Gasteiger partial charge in [0.2, 0.25) is 0 Å². The highest BCUT2D eigenvalue weighted by atomic mass is 32.2. The van der Waals surface area contributed by atoms with E-state index < -0.39 is 30.3 Å². The number of aliphatic hydroxyl groups is 1. The Kier molecular flexibility index (Phi) is 11.6. The first-order valence-electron chi connectivity index (χ1n) is 15.1. The number of carboxylic acids is 1. The number of ether oxygens (including phenoxy) is 3. The number of methoxy groups -OCH3 is 1. The lowest BCUT2D eigenvalue weighted by molar-refractivity contribution is -0.245. The Morgan fingerprint density at radius 1 is 0.894 bits per heavy atom. The fraction of sp³-hybridized carbons (Fsp3) is 0.250. The van der Waals surface area contributed by atoms with Crippen molar-refractivity contribution in [2.24, 2.45) is 0 Å². The van der Waals surface area contributed by atoms with Crippen LogP contribution in [-0.4, -0.2) is 53.2 Å². The summed E-state index contributed by atoms with van der Waals surface area (Å²) in [5, 5.41) is 24.6. The van der Waals surface area contributed by atoms with Gasteiger partial charge in [-0.2, -0.15) is 0 Å². The third-order valence-corrected chi connectivity index (χ3v) is 8.85. The van der Waals surface area contributed by atoms with E-state index in [2.05, 4.69) is 10.6 Å². The summed E-state index contributed by atoms with van der Waals surface area (Å²) in [7, 11) is 1.28. The third kappa shape index (κ3) is 9.20. The molecule has 0 radical (unpaired) electrons. The zero-order chi connectivity index (χ0) is 33.2. The SMILES string of the molecule is COC(=O)[C@H](Cc1ccccc1)NC(=O)Nc1cccc([C@@H]2O[C@H](CSc3ccccc3C(=O)O)C[C@H](c3ccc(CO)cc3)O2)c1. The lowest BCUT2D eigenvalue weighted by atomic mass is 10.0. The summed E-state index contributed by atoms with van der Waals surface area (Å²) in [4.78, 5) is 37.8. The molecule has 5 rings (SSSR count). The molecule has 1 aliphatic heterocycles. The van der Waals surface area contributed by atoms with Crippen molar-refractivity contribution in [3.05, 3.63) is 131 Å². The molecule has 0 spiro atoms. The molecule has 1 heterocycles. The molecule has 1 saturated heterocycles. The van der Waals surface area contributed by atoms with E-state index in [1.807, 2.05) is 60.7 Å². The van der Waals surface area contributed by atoms with E-state index in [0.717, 1.165) is 16.7 Å². The summed E-state index contributed by atoms with van der Waals surface area (Å²) >= 11 is 1.41. The molecule has 0 saturated carbocycles. The highest BCUT2D eigenvalue weighted by Gasteiger charge is 2.33. The van der Waals surface area contributed by atoms with Gasteiger partial charge in [0.1, 0.15) is 6.04 Å². The Labute approximate surface area is 277 Å². The number of hydrogen-bond acceptors (Lipinski definition) is 8. The van der Waals surface area contributed by atoms with Gasteiger partial charge >= 0.3 is 18.0 Å². The van der Waals surface area contributed by atoms with Gasteiger partial charge in [-0.1, -0.05) is 78.9 Å². The van der Waals surface area contributed by atoms with Crippen molar-refractivity contribution < 1.29 is 38.8 Å². The normalized spacial score (nSPS) is 18.1. The number of urea groups is 1. The molecule has 4 N–H and O–H groups in total. The maximum absolute atomic E-state index is 13.0. The number of nitrogens with one attached hydrogen (secondary N) is 2. The summed E-state index contributed by atoms with van der Waals surface area (Å²) in [5.41, 5.74) is 3.92. The molecule has 47 heavy (non-hydrogen) atoms. The molecule has 11 heteroatoms. The molecule has 1 fully saturated rings. The molecule has 0 unspecified atom stereocenters. The molecule has 0 aromatic heterocycles. The number of carbonyl (C=O) groups is 3. The molecule has 4 atom stereocenters. The highest BCUT2D eigenvalue weighted by molar-refractivity contribution is 7.99. The number of esters is 1. The van der Waals surface area contributed by atoms with Crippen LogP contribution in [0.15, 0.2) is 108 Å². The van der Waals surface area contributed by atoms with Crippen molar-refractivity contribution in [2.75, 3.05) is 18.2 Å². The second-order valence-corrected chi connectivity index (χ2v) is 12.0. The molecule has 244 valence electrons. The fourth-order valence-electron chi connectivity index (χ4n) is 5.25. The van der Waals surface area contributed by atoms with Crippen LogP contribution in [0.1, 0.15) is 51.4 Å². The van der Waals surface area contributed by atoms with Crippen LogP contribution in [0.5, 0.6) is 0 Å². The number of hydrogen-bond donors (Lipinski definition) is 4. The smallest absolute Gasteiger partial charge is 0.336 e. The van der Waals surface area contributed by atoms with Gasteiger partial charge in [-0.15, -0.1) is 11.8 Å². The van der Waals surface area contributed by atoms with Gasteiger partial charge in [0, 0.05) is 34.7 Å². The Hall–Kier alpha value is -4.68. The molecular formula is C36H36N2O8S. The summed E-state index contributed by atoms with van der Waals surface area (Å²) in [6.07, 6.45) is -0.657. The van der Waals surface area contributed by atoms with Crippen LogP contribution in [0.3, 0.4) is 0 Å². The number of aromatic carboxylic acids is 1. The van der Waals surface area contributed by atoms with Gasteiger partial charge in [0.05, 0.1) is 31.5 Å². The van der Waals surface area contributed by atoms with Gasteiger partial charge in [0.25, 0.3) is 0 Å². The summed E-state index contributed by atoms with van der Waals surface area (Å²) in [5.74, 6) is -1.08. The minimum atomic E-state index is -0.993. The lowest BCUT2D eigenvalue weighted by Crippen LogP contribution is -2.45. The molecule has 0 aliphatic carbocycles. The zero-order valence-electron chi connectivity index (χ0n) is 25.7. The van der Waals surface area contributed by atoms with E-state index in [1.165, 1.54) is 18.9 Å². The van der Waals surface area contributed by atoms with Gasteiger partial charge < -0.3 is 35.1 Å². The zero-order valence-corrected chi connectivity index (χ0v) is 26.5. The largest absolute Gasteiger partial charge is 0.478 e. The second-order valence-electron chi connectivity index (χ2n) is 11.0. The predicted octanol–water partition coefficient (Wildman–Crippen LogP) is 6.12. The molecule has 4 aromatic rings. The Bertz CT molecular complexity index is 1670. The first-order valence-corrected chi connectivity index (χ1v) is 16.1. The van der Waals surface area contributed by atoms with Crippen LogP contribution in [0, 0.1) is 0 Å². The van der Waals surface area contributed by atoms with Crippen LogP contribution < -0.4 is 10.6 Å². The number of thioether (sulfide) groups is 1. The Morgan fingerprint density at radius 2 is 1.64 bits per heavy atom. The number of carbonyl (C=O) groups excluding carboxylic acids is 2. The van der Waals surface area contributed by atoms with Gasteiger partial charge in [-0.25, -0.2) is 14.4 Å². The molecule has 2 amide bonds. The molecule has 10 nitrogen and oxygen atoms in total. The van der Waals surface area contributed by atoms with Crippen LogP contribution >= 0.6 is 11.8 Å². The molecule has 4 aromatic carbocycles. The third-order valence-electron chi connectivity index (χ3n) is 7.65. The van der Waals surface area contributed by atoms with Crippen molar-refractivity contribution in [1.82, 2.24) is 5.32 Å². The topological polar surface area (TPSA) is 143 Å². The van der Waals surface area contributed by atoms with Gasteiger partial charge in [-0.05, 0) is 41.0 Å². The second kappa shape index (κ2) is 16.2. The van der Waals surface area contributed by atoms with Crippen LogP contribution in [-0.2, 0) is 32.0 Å². The standard InChI is InChI=1S/C36H36N2O8S/c1-44-34(42)30(18-23-8-3-2-4-9-23)38-36(43)37-27-11-7-10-26(19-27)35-45-28(22-47-32-13-6-5-12-29(32)33(40)41)20-31(46-35)25-16-14-24(21-39)15-17-25/h2-17,19,28,30-31,35,39H,18,20-22H2,1H3,(H,40,41)(H2,37,38,43)/t28-,30-,31+,35+/m0/s1. The number of aliphatic hydroxyl groups excluding tert-OH is 1. The lowest BCUT2D eigenvalue weighted by Gasteiger charge is -2.36. The van der Waals surface area contributed by atoms with E-state index >= 15 is 0 Å². The number of amides is 2. The van der Waals surface area contributed by atoms with Crippen LogP contribution in [0.2, 0.25) is 0 Å². The van der Waals surface area contributed by atoms with E-state index in [9.17, 15) is 24.6 Å². The van der Waals surface area contributed by atoms with Crippen molar-refractivity contribution in [2.45, 2.75) is 48.9 Å². The van der Waals surface area contributed by atoms with Crippen LogP contribution in [0.25, 0.3) is 0 Å². The average Bonchev–Trinajstić information content (AvgIpc) is 3.10. The van der Waals surface area contributed by atoms with E-state index in [1.54, 1.807) is 42.5 Å². The predicted molar refractivity (Wildman–Crippen MR) is 177 cm³/mol. The summed E-state index contributed by atoms with van der Waals surface area (Å²) < 4.78 is 17.8. The minimum Gasteiger partial charge on any atom is -0.478 e. The van der Waals surface area contributed by atoms with Crippen LogP contribution in [0.4, 0.5) is 10.5 Å². The highest BCUT2D eigenvalue weighted by Crippen LogP contribution is 2.40. The number of benzene rings is 4. The molecular weight excluding hydrogens is 620 g/mol. The average molecular weight is 657 g/mol. The quantitative estimate of drug-likeness (QED) is 0.105. The number of carboxylic acid groups (broad SMARTS) is 1.